The Kier molecular flexibility index (Phi) is 4.07. The minimum atomic E-state index is -0.358. The smallest absolute Gasteiger partial charge is 0.129 e. The third kappa shape index (κ3) is 2.75. The highest BCUT2D eigenvalue weighted by Gasteiger charge is 2.16. The molecule has 1 atom stereocenters. The third-order valence-electron chi connectivity index (χ3n) is 2.77. The SMILES string of the molecule is COCc1ccc(C(N)c2ccc(C)cc2Cl)o1. The monoisotopic (exact) mass is 265 g/mol. The molecular formula is C14H16ClNO2. The summed E-state index contributed by atoms with van der Waals surface area (Å²) >= 11 is 6.20. The van der Waals surface area contributed by atoms with E-state index in [1.54, 1.807) is 7.11 Å². The van der Waals surface area contributed by atoms with Crippen molar-refractivity contribution in [3.05, 3.63) is 58.0 Å². The molecule has 0 radical (unpaired) electrons. The maximum Gasteiger partial charge on any atom is 0.129 e. The summed E-state index contributed by atoms with van der Waals surface area (Å²) in [6, 6.07) is 9.18. The summed E-state index contributed by atoms with van der Waals surface area (Å²) in [5, 5.41) is 0.659. The van der Waals surface area contributed by atoms with E-state index in [9.17, 15) is 0 Å². The zero-order valence-electron chi connectivity index (χ0n) is 10.4. The molecular weight excluding hydrogens is 250 g/mol. The van der Waals surface area contributed by atoms with E-state index in [1.807, 2.05) is 37.3 Å². The van der Waals surface area contributed by atoms with Crippen molar-refractivity contribution in [3.8, 4) is 0 Å². The van der Waals surface area contributed by atoms with Crippen molar-refractivity contribution in [2.45, 2.75) is 19.6 Å². The first kappa shape index (κ1) is 13.1. The summed E-state index contributed by atoms with van der Waals surface area (Å²) in [5.74, 6) is 1.44. The van der Waals surface area contributed by atoms with Crippen LogP contribution in [0.25, 0.3) is 0 Å². The maximum absolute atomic E-state index is 6.20. The molecule has 2 N–H and O–H groups in total. The Hall–Kier alpha value is -1.29. The molecule has 18 heavy (non-hydrogen) atoms. The van der Waals surface area contributed by atoms with Gasteiger partial charge in [-0.3, -0.25) is 0 Å². The molecule has 1 unspecified atom stereocenters. The van der Waals surface area contributed by atoms with Gasteiger partial charge in [-0.15, -0.1) is 0 Å². The molecule has 0 fully saturated rings. The van der Waals surface area contributed by atoms with Crippen LogP contribution in [0, 0.1) is 6.92 Å². The maximum atomic E-state index is 6.20. The van der Waals surface area contributed by atoms with Crippen LogP contribution < -0.4 is 5.73 Å². The molecule has 96 valence electrons. The molecule has 0 aliphatic heterocycles. The average Bonchev–Trinajstić information content (AvgIpc) is 2.77. The highest BCUT2D eigenvalue weighted by Crippen LogP contribution is 2.28. The molecule has 0 saturated carbocycles. The van der Waals surface area contributed by atoms with Gasteiger partial charge in [0, 0.05) is 12.1 Å². The molecule has 1 aromatic heterocycles. The van der Waals surface area contributed by atoms with Crippen LogP contribution in [-0.4, -0.2) is 7.11 Å². The topological polar surface area (TPSA) is 48.4 Å². The Morgan fingerprint density at radius 1 is 1.33 bits per heavy atom. The number of hydrogen-bond acceptors (Lipinski definition) is 3. The fourth-order valence-corrected chi connectivity index (χ4v) is 2.17. The van der Waals surface area contributed by atoms with Crippen molar-refractivity contribution in [1.29, 1.82) is 0 Å². The van der Waals surface area contributed by atoms with Crippen LogP contribution in [0.15, 0.2) is 34.7 Å². The lowest BCUT2D eigenvalue weighted by atomic mass is 10.0. The highest BCUT2D eigenvalue weighted by atomic mass is 35.5. The molecule has 1 heterocycles. The number of benzene rings is 1. The van der Waals surface area contributed by atoms with Gasteiger partial charge in [-0.25, -0.2) is 0 Å². The van der Waals surface area contributed by atoms with Crippen molar-refractivity contribution in [3.63, 3.8) is 0 Å². The Morgan fingerprint density at radius 2 is 2.11 bits per heavy atom. The number of ether oxygens (including phenoxy) is 1. The van der Waals surface area contributed by atoms with Gasteiger partial charge in [-0.1, -0.05) is 23.7 Å². The summed E-state index contributed by atoms with van der Waals surface area (Å²) in [5.41, 5.74) is 8.13. The van der Waals surface area contributed by atoms with Gasteiger partial charge in [0.15, 0.2) is 0 Å². The largest absolute Gasteiger partial charge is 0.462 e. The van der Waals surface area contributed by atoms with Crippen molar-refractivity contribution in [1.82, 2.24) is 0 Å². The fraction of sp³-hybridized carbons (Fsp3) is 0.286. The zero-order chi connectivity index (χ0) is 13.1. The van der Waals surface area contributed by atoms with Gasteiger partial charge in [0.25, 0.3) is 0 Å². The van der Waals surface area contributed by atoms with E-state index >= 15 is 0 Å². The summed E-state index contributed by atoms with van der Waals surface area (Å²) in [6.07, 6.45) is 0. The second-order valence-electron chi connectivity index (χ2n) is 4.24. The molecule has 2 rings (SSSR count). The summed E-state index contributed by atoms with van der Waals surface area (Å²) in [7, 11) is 1.62. The van der Waals surface area contributed by atoms with E-state index in [-0.39, 0.29) is 6.04 Å². The number of aryl methyl sites for hydroxylation is 1. The normalized spacial score (nSPS) is 12.7. The molecule has 0 bridgehead atoms. The second-order valence-corrected chi connectivity index (χ2v) is 4.65. The van der Waals surface area contributed by atoms with Gasteiger partial charge < -0.3 is 14.9 Å². The minimum absolute atomic E-state index is 0.358. The van der Waals surface area contributed by atoms with Gasteiger partial charge in [0.1, 0.15) is 18.1 Å². The third-order valence-corrected chi connectivity index (χ3v) is 3.09. The van der Waals surface area contributed by atoms with E-state index < -0.39 is 0 Å². The lowest BCUT2D eigenvalue weighted by Gasteiger charge is -2.11. The van der Waals surface area contributed by atoms with Crippen LogP contribution >= 0.6 is 11.6 Å². The Bertz CT molecular complexity index is 536. The number of hydrogen-bond donors (Lipinski definition) is 1. The lowest BCUT2D eigenvalue weighted by molar-refractivity contribution is 0.162. The summed E-state index contributed by atoms with van der Waals surface area (Å²) < 4.78 is 10.6. The summed E-state index contributed by atoms with van der Waals surface area (Å²) in [4.78, 5) is 0. The second kappa shape index (κ2) is 5.57. The van der Waals surface area contributed by atoms with E-state index in [0.717, 1.165) is 16.9 Å². The molecule has 4 heteroatoms. The molecule has 0 amide bonds. The predicted molar refractivity (Wildman–Crippen MR) is 71.6 cm³/mol. The van der Waals surface area contributed by atoms with Gasteiger partial charge in [0.05, 0.1) is 6.04 Å². The van der Waals surface area contributed by atoms with Crippen LogP contribution in [0.5, 0.6) is 0 Å². The minimum Gasteiger partial charge on any atom is -0.462 e. The van der Waals surface area contributed by atoms with E-state index in [4.69, 9.17) is 26.5 Å². The van der Waals surface area contributed by atoms with Gasteiger partial charge in [-0.2, -0.15) is 0 Å². The van der Waals surface area contributed by atoms with Gasteiger partial charge >= 0.3 is 0 Å². The van der Waals surface area contributed by atoms with Gasteiger partial charge in [-0.05, 0) is 36.2 Å². The standard InChI is InChI=1S/C14H16ClNO2/c1-9-3-5-11(12(15)7-9)14(16)13-6-4-10(18-13)8-17-2/h3-7,14H,8,16H2,1-2H3. The van der Waals surface area contributed by atoms with Crippen LogP contribution in [-0.2, 0) is 11.3 Å². The predicted octanol–water partition coefficient (Wildman–Crippen LogP) is 3.44. The molecule has 3 nitrogen and oxygen atoms in total. The van der Waals surface area contributed by atoms with Crippen LogP contribution in [0.2, 0.25) is 5.02 Å². The first-order valence-corrected chi connectivity index (χ1v) is 6.09. The quantitative estimate of drug-likeness (QED) is 0.921. The van der Waals surface area contributed by atoms with E-state index in [2.05, 4.69) is 0 Å². The van der Waals surface area contributed by atoms with E-state index in [1.165, 1.54) is 0 Å². The van der Waals surface area contributed by atoms with Crippen molar-refractivity contribution < 1.29 is 9.15 Å². The van der Waals surface area contributed by atoms with Crippen LogP contribution in [0.3, 0.4) is 0 Å². The van der Waals surface area contributed by atoms with Crippen LogP contribution in [0.4, 0.5) is 0 Å². The lowest BCUT2D eigenvalue weighted by Crippen LogP contribution is -2.11. The molecule has 0 aliphatic rings. The zero-order valence-corrected chi connectivity index (χ0v) is 11.2. The van der Waals surface area contributed by atoms with Crippen LogP contribution in [0.1, 0.15) is 28.7 Å². The molecule has 1 aromatic carbocycles. The number of methoxy groups -OCH3 is 1. The Morgan fingerprint density at radius 3 is 2.78 bits per heavy atom. The van der Waals surface area contributed by atoms with Crippen molar-refractivity contribution >= 4 is 11.6 Å². The number of halogens is 1. The first-order valence-electron chi connectivity index (χ1n) is 5.71. The Balaban J connectivity index is 2.26. The number of furan rings is 1. The number of nitrogens with two attached hydrogens (primary N) is 1. The van der Waals surface area contributed by atoms with E-state index in [0.29, 0.717) is 17.4 Å². The summed E-state index contributed by atoms with van der Waals surface area (Å²) in [6.45, 7) is 2.43. The molecule has 0 spiro atoms. The first-order chi connectivity index (χ1) is 8.61. The number of rotatable bonds is 4. The van der Waals surface area contributed by atoms with Crippen molar-refractivity contribution in [2.24, 2.45) is 5.73 Å². The highest BCUT2D eigenvalue weighted by molar-refractivity contribution is 6.31. The molecule has 0 saturated heterocycles. The average molecular weight is 266 g/mol. The van der Waals surface area contributed by atoms with Crippen molar-refractivity contribution in [2.75, 3.05) is 7.11 Å². The molecule has 2 aromatic rings. The van der Waals surface area contributed by atoms with Gasteiger partial charge in [0.2, 0.25) is 0 Å². The fourth-order valence-electron chi connectivity index (χ4n) is 1.82. The molecule has 0 aliphatic carbocycles. The Labute approximate surface area is 111 Å².